The fourth-order valence-electron chi connectivity index (χ4n) is 2.43. The third-order valence-electron chi connectivity index (χ3n) is 3.78. The quantitative estimate of drug-likeness (QED) is 0.642. The number of carbonyl (C=O) groups is 1. The lowest BCUT2D eigenvalue weighted by Crippen LogP contribution is -2.36. The van der Waals surface area contributed by atoms with Gasteiger partial charge in [0, 0.05) is 18.8 Å². The Kier molecular flexibility index (Phi) is 5.32. The molecule has 0 saturated carbocycles. The van der Waals surface area contributed by atoms with Gasteiger partial charge in [-0.05, 0) is 52.7 Å². The Morgan fingerprint density at radius 1 is 1.17 bits per heavy atom. The first kappa shape index (κ1) is 16.7. The van der Waals surface area contributed by atoms with Gasteiger partial charge in [-0.25, -0.2) is 5.43 Å². The summed E-state index contributed by atoms with van der Waals surface area (Å²) in [6.07, 6.45) is 0. The van der Waals surface area contributed by atoms with Gasteiger partial charge in [-0.3, -0.25) is 4.79 Å². The summed E-state index contributed by atoms with van der Waals surface area (Å²) in [7, 11) is 0. The highest BCUT2D eigenvalue weighted by Gasteiger charge is 2.12. The third kappa shape index (κ3) is 4.04. The van der Waals surface area contributed by atoms with E-state index in [9.17, 15) is 4.79 Å². The fourth-order valence-corrected chi connectivity index (χ4v) is 2.73. The van der Waals surface area contributed by atoms with Crippen molar-refractivity contribution in [3.63, 3.8) is 0 Å². The highest BCUT2D eigenvalue weighted by atomic mass is 79.9. The second-order valence-electron chi connectivity index (χ2n) is 5.39. The van der Waals surface area contributed by atoms with Crippen molar-refractivity contribution in [2.24, 2.45) is 5.10 Å². The van der Waals surface area contributed by atoms with Crippen LogP contribution in [-0.4, -0.2) is 37.9 Å². The van der Waals surface area contributed by atoms with Crippen molar-refractivity contribution in [3.8, 4) is 0 Å². The van der Waals surface area contributed by atoms with E-state index in [1.165, 1.54) is 5.69 Å². The molecule has 0 aliphatic carbocycles. The normalized spacial score (nSPS) is 15.4. The van der Waals surface area contributed by atoms with Crippen LogP contribution in [0.4, 0.5) is 5.69 Å². The number of carbonyl (C=O) groups excluding carboxylic acids is 1. The highest BCUT2D eigenvalue weighted by molar-refractivity contribution is 9.10. The highest BCUT2D eigenvalue weighted by Crippen LogP contribution is 2.17. The summed E-state index contributed by atoms with van der Waals surface area (Å²) in [5, 5.41) is 4.13. The van der Waals surface area contributed by atoms with Crippen LogP contribution >= 0.6 is 15.9 Å². The van der Waals surface area contributed by atoms with Crippen molar-refractivity contribution in [2.75, 3.05) is 31.2 Å². The molecule has 1 aromatic heterocycles. The van der Waals surface area contributed by atoms with Crippen molar-refractivity contribution in [2.45, 2.75) is 6.92 Å². The molecule has 0 bridgehead atoms. The average molecular weight is 392 g/mol. The standard InChI is InChI=1S/C17H18BrN3O3/c1-12(19-20-17(22)15-6-7-16(18)24-15)13-2-4-14(5-3-13)21-8-10-23-11-9-21/h2-7H,8-11H2,1H3,(H,20,22). The molecular formula is C17H18BrN3O3. The molecule has 24 heavy (non-hydrogen) atoms. The van der Waals surface area contributed by atoms with Crippen molar-refractivity contribution >= 4 is 33.2 Å². The maximum absolute atomic E-state index is 11.9. The van der Waals surface area contributed by atoms with E-state index in [0.29, 0.717) is 4.67 Å². The Morgan fingerprint density at radius 2 is 1.88 bits per heavy atom. The molecule has 1 aromatic carbocycles. The zero-order chi connectivity index (χ0) is 16.9. The molecule has 0 radical (unpaired) electrons. The van der Waals surface area contributed by atoms with Crippen molar-refractivity contribution in [3.05, 3.63) is 52.4 Å². The minimum absolute atomic E-state index is 0.209. The zero-order valence-electron chi connectivity index (χ0n) is 13.3. The lowest BCUT2D eigenvalue weighted by molar-refractivity contribution is 0.0926. The van der Waals surface area contributed by atoms with Crippen LogP contribution in [0.5, 0.6) is 0 Å². The van der Waals surface area contributed by atoms with E-state index in [2.05, 4.69) is 43.5 Å². The summed E-state index contributed by atoms with van der Waals surface area (Å²) in [4.78, 5) is 14.2. The maximum atomic E-state index is 11.9. The minimum atomic E-state index is -0.384. The van der Waals surface area contributed by atoms with Gasteiger partial charge in [0.15, 0.2) is 10.4 Å². The molecule has 126 valence electrons. The predicted molar refractivity (Wildman–Crippen MR) is 95.6 cm³/mol. The van der Waals surface area contributed by atoms with Gasteiger partial charge < -0.3 is 14.1 Å². The number of benzene rings is 1. The Bertz CT molecular complexity index is 734. The average Bonchev–Trinajstić information content (AvgIpc) is 3.07. The summed E-state index contributed by atoms with van der Waals surface area (Å²) < 4.78 is 11.1. The van der Waals surface area contributed by atoms with E-state index in [1.54, 1.807) is 12.1 Å². The molecule has 0 spiro atoms. The largest absolute Gasteiger partial charge is 0.444 e. The van der Waals surface area contributed by atoms with Gasteiger partial charge in [0.05, 0.1) is 18.9 Å². The van der Waals surface area contributed by atoms with Gasteiger partial charge in [-0.1, -0.05) is 12.1 Å². The summed E-state index contributed by atoms with van der Waals surface area (Å²) in [6.45, 7) is 5.18. The number of furan rings is 1. The molecule has 6 nitrogen and oxygen atoms in total. The second-order valence-corrected chi connectivity index (χ2v) is 6.17. The minimum Gasteiger partial charge on any atom is -0.444 e. The van der Waals surface area contributed by atoms with Crippen molar-refractivity contribution in [1.82, 2.24) is 5.43 Å². The van der Waals surface area contributed by atoms with Crippen LogP contribution in [-0.2, 0) is 4.74 Å². The number of halogens is 1. The molecule has 3 rings (SSSR count). The Labute approximate surface area is 148 Å². The van der Waals surface area contributed by atoms with Gasteiger partial charge in [-0.15, -0.1) is 0 Å². The van der Waals surface area contributed by atoms with Crippen LogP contribution < -0.4 is 10.3 Å². The lowest BCUT2D eigenvalue weighted by atomic mass is 10.1. The van der Waals surface area contributed by atoms with E-state index < -0.39 is 0 Å². The van der Waals surface area contributed by atoms with E-state index in [4.69, 9.17) is 9.15 Å². The van der Waals surface area contributed by atoms with Crippen LogP contribution in [0.25, 0.3) is 0 Å². The topological polar surface area (TPSA) is 67.1 Å². The molecular weight excluding hydrogens is 374 g/mol. The van der Waals surface area contributed by atoms with E-state index in [1.807, 2.05) is 19.1 Å². The molecule has 1 N–H and O–H groups in total. The molecule has 2 aromatic rings. The van der Waals surface area contributed by atoms with Gasteiger partial charge in [0.1, 0.15) is 0 Å². The molecule has 1 saturated heterocycles. The number of hydrogen-bond donors (Lipinski definition) is 1. The van der Waals surface area contributed by atoms with Crippen LogP contribution in [0.3, 0.4) is 0 Å². The van der Waals surface area contributed by atoms with Gasteiger partial charge >= 0.3 is 5.91 Å². The van der Waals surface area contributed by atoms with Crippen LogP contribution in [0.1, 0.15) is 23.0 Å². The first-order chi connectivity index (χ1) is 11.6. The Morgan fingerprint density at radius 3 is 2.50 bits per heavy atom. The van der Waals surface area contributed by atoms with Crippen LogP contribution in [0.2, 0.25) is 0 Å². The SMILES string of the molecule is CC(=NNC(=O)c1ccc(Br)o1)c1ccc(N2CCOCC2)cc1. The molecule has 1 amide bonds. The lowest BCUT2D eigenvalue weighted by Gasteiger charge is -2.28. The van der Waals surface area contributed by atoms with Crippen molar-refractivity contribution < 1.29 is 13.9 Å². The maximum Gasteiger partial charge on any atom is 0.307 e. The van der Waals surface area contributed by atoms with E-state index >= 15 is 0 Å². The van der Waals surface area contributed by atoms with Crippen molar-refractivity contribution in [1.29, 1.82) is 0 Å². The summed E-state index contributed by atoms with van der Waals surface area (Å²) >= 11 is 3.16. The smallest absolute Gasteiger partial charge is 0.307 e. The molecule has 0 unspecified atom stereocenters. The number of nitrogens with zero attached hydrogens (tertiary/aromatic N) is 2. The van der Waals surface area contributed by atoms with Gasteiger partial charge in [0.2, 0.25) is 0 Å². The first-order valence-electron chi connectivity index (χ1n) is 7.66. The summed E-state index contributed by atoms with van der Waals surface area (Å²) in [5.41, 5.74) is 5.34. The van der Waals surface area contributed by atoms with E-state index in [-0.39, 0.29) is 11.7 Å². The third-order valence-corrected chi connectivity index (χ3v) is 4.21. The van der Waals surface area contributed by atoms with E-state index in [0.717, 1.165) is 37.6 Å². The Balaban J connectivity index is 1.63. The molecule has 1 aliphatic heterocycles. The summed E-state index contributed by atoms with van der Waals surface area (Å²) in [6, 6.07) is 11.4. The second kappa shape index (κ2) is 7.63. The molecule has 2 heterocycles. The monoisotopic (exact) mass is 391 g/mol. The summed E-state index contributed by atoms with van der Waals surface area (Å²) in [5.74, 6) is -0.175. The molecule has 1 aliphatic rings. The molecule has 7 heteroatoms. The first-order valence-corrected chi connectivity index (χ1v) is 8.46. The molecule has 0 atom stereocenters. The number of anilines is 1. The number of hydrazone groups is 1. The Hall–Kier alpha value is -2.12. The fraction of sp³-hybridized carbons (Fsp3) is 0.294. The number of amides is 1. The van der Waals surface area contributed by atoms with Gasteiger partial charge in [0.25, 0.3) is 0 Å². The van der Waals surface area contributed by atoms with Gasteiger partial charge in [-0.2, -0.15) is 5.10 Å². The number of nitrogens with one attached hydrogen (secondary N) is 1. The van der Waals surface area contributed by atoms with Crippen LogP contribution in [0, 0.1) is 0 Å². The molecule has 1 fully saturated rings. The predicted octanol–water partition coefficient (Wildman–Crippen LogP) is 3.03. The number of morpholine rings is 1. The number of ether oxygens (including phenoxy) is 1. The zero-order valence-corrected chi connectivity index (χ0v) is 14.9. The number of hydrogen-bond acceptors (Lipinski definition) is 5. The van der Waals surface area contributed by atoms with Crippen LogP contribution in [0.15, 0.2) is 50.6 Å². The number of rotatable bonds is 4.